The van der Waals surface area contributed by atoms with Gasteiger partial charge in [-0.1, -0.05) is 0 Å². The van der Waals surface area contributed by atoms with Gasteiger partial charge in [0.1, 0.15) is 12.4 Å². The van der Waals surface area contributed by atoms with Gasteiger partial charge in [-0.2, -0.15) is 5.10 Å². The van der Waals surface area contributed by atoms with Gasteiger partial charge >= 0.3 is 0 Å². The zero-order valence-electron chi connectivity index (χ0n) is 20.8. The summed E-state index contributed by atoms with van der Waals surface area (Å²) in [4.78, 5) is 32.4. The molecular formula is C26H34FN5O3. The topological polar surface area (TPSA) is 70.9 Å². The Morgan fingerprint density at radius 1 is 1.06 bits per heavy atom. The van der Waals surface area contributed by atoms with E-state index in [-0.39, 0.29) is 36.4 Å². The maximum Gasteiger partial charge on any atom is 0.274 e. The molecule has 1 aromatic carbocycles. The van der Waals surface area contributed by atoms with Crippen LogP contribution in [0.25, 0.3) is 0 Å². The highest BCUT2D eigenvalue weighted by Crippen LogP contribution is 2.27. The molecule has 2 fully saturated rings. The van der Waals surface area contributed by atoms with Gasteiger partial charge in [0.15, 0.2) is 5.69 Å². The Hall–Kier alpha value is -2.94. The normalized spacial score (nSPS) is 22.5. The average Bonchev–Trinajstić information content (AvgIpc) is 3.44. The van der Waals surface area contributed by atoms with E-state index >= 15 is 0 Å². The van der Waals surface area contributed by atoms with E-state index in [1.807, 2.05) is 29.7 Å². The second kappa shape index (κ2) is 9.60. The third kappa shape index (κ3) is 4.78. The fourth-order valence-electron chi connectivity index (χ4n) is 5.57. The molecule has 2 saturated heterocycles. The van der Waals surface area contributed by atoms with Gasteiger partial charge in [0.2, 0.25) is 5.91 Å². The van der Waals surface area contributed by atoms with Crippen LogP contribution in [0.5, 0.6) is 0 Å². The molecule has 3 heterocycles. The van der Waals surface area contributed by atoms with Crippen LogP contribution in [0.4, 0.5) is 10.1 Å². The fraction of sp³-hybridized carbons (Fsp3) is 0.577. The molecule has 1 aromatic heterocycles. The number of aromatic nitrogens is 2. The summed E-state index contributed by atoms with van der Waals surface area (Å²) < 4.78 is 21.2. The second-order valence-electron chi connectivity index (χ2n) is 10.1. The van der Waals surface area contributed by atoms with Gasteiger partial charge in [-0.25, -0.2) is 4.39 Å². The molecule has 188 valence electrons. The molecule has 2 aliphatic heterocycles. The van der Waals surface area contributed by atoms with Crippen molar-refractivity contribution in [1.29, 1.82) is 0 Å². The molecule has 9 heteroatoms. The van der Waals surface area contributed by atoms with Crippen molar-refractivity contribution in [2.24, 2.45) is 0 Å². The van der Waals surface area contributed by atoms with E-state index in [0.717, 1.165) is 36.2 Å². The molecule has 0 saturated carbocycles. The van der Waals surface area contributed by atoms with Crippen LogP contribution in [0, 0.1) is 12.7 Å². The number of hydrogen-bond acceptors (Lipinski definition) is 5. The molecule has 1 aliphatic carbocycles. The predicted octanol–water partition coefficient (Wildman–Crippen LogP) is 2.42. The first-order valence-electron chi connectivity index (χ1n) is 12.6. The van der Waals surface area contributed by atoms with E-state index in [1.54, 1.807) is 17.7 Å². The van der Waals surface area contributed by atoms with Crippen LogP contribution < -0.4 is 4.90 Å². The smallest absolute Gasteiger partial charge is 0.274 e. The van der Waals surface area contributed by atoms with Crippen LogP contribution in [-0.2, 0) is 28.9 Å². The Balaban J connectivity index is 1.25. The van der Waals surface area contributed by atoms with Crippen molar-refractivity contribution >= 4 is 17.5 Å². The van der Waals surface area contributed by atoms with Gasteiger partial charge in [0, 0.05) is 56.2 Å². The number of amides is 2. The SMILES string of the molecule is Cc1cc(N2CCN(C(=O)Cn3nc(C(=O)N4C[C@@H](C)O[C@@H](C)C4)c4c3CCC4)CC2)ccc1F. The highest BCUT2D eigenvalue weighted by molar-refractivity contribution is 5.94. The van der Waals surface area contributed by atoms with Gasteiger partial charge < -0.3 is 19.4 Å². The summed E-state index contributed by atoms with van der Waals surface area (Å²) in [6.07, 6.45) is 2.65. The number of ether oxygens (including phenoxy) is 1. The van der Waals surface area contributed by atoms with E-state index in [4.69, 9.17) is 4.74 Å². The zero-order valence-corrected chi connectivity index (χ0v) is 20.8. The summed E-state index contributed by atoms with van der Waals surface area (Å²) in [7, 11) is 0. The minimum Gasteiger partial charge on any atom is -0.372 e. The minimum atomic E-state index is -0.204. The summed E-state index contributed by atoms with van der Waals surface area (Å²) in [6.45, 7) is 9.60. The summed E-state index contributed by atoms with van der Waals surface area (Å²) in [5.74, 6) is -0.242. The predicted molar refractivity (Wildman–Crippen MR) is 130 cm³/mol. The number of nitrogens with zero attached hydrogens (tertiary/aromatic N) is 5. The molecular weight excluding hydrogens is 449 g/mol. The molecule has 0 N–H and O–H groups in total. The summed E-state index contributed by atoms with van der Waals surface area (Å²) in [5.41, 5.74) is 4.14. The van der Waals surface area contributed by atoms with Crippen LogP contribution in [0.1, 0.15) is 47.6 Å². The first kappa shape index (κ1) is 23.8. The zero-order chi connectivity index (χ0) is 24.7. The van der Waals surface area contributed by atoms with Crippen molar-refractivity contribution in [1.82, 2.24) is 19.6 Å². The van der Waals surface area contributed by atoms with Gasteiger partial charge in [0.25, 0.3) is 5.91 Å². The lowest BCUT2D eigenvalue weighted by atomic mass is 10.1. The average molecular weight is 484 g/mol. The number of carbonyl (C=O) groups excluding carboxylic acids is 2. The number of benzene rings is 1. The first-order chi connectivity index (χ1) is 16.8. The van der Waals surface area contributed by atoms with E-state index in [0.29, 0.717) is 50.5 Å². The standard InChI is InChI=1S/C26H34FN5O3/c1-17-13-20(7-8-22(17)27)29-9-11-30(12-10-29)24(33)16-32-23-6-4-5-21(23)25(28-32)26(34)31-14-18(2)35-19(3)15-31/h7-8,13,18-19H,4-6,9-12,14-16H2,1-3H3/t18-,19+. The van der Waals surface area contributed by atoms with Crippen molar-refractivity contribution in [3.05, 3.63) is 46.5 Å². The Morgan fingerprint density at radius 2 is 1.77 bits per heavy atom. The van der Waals surface area contributed by atoms with Crippen molar-refractivity contribution in [3.63, 3.8) is 0 Å². The summed E-state index contributed by atoms with van der Waals surface area (Å²) in [6, 6.07) is 5.15. The van der Waals surface area contributed by atoms with Crippen molar-refractivity contribution < 1.29 is 18.7 Å². The lowest BCUT2D eigenvalue weighted by Gasteiger charge is -2.36. The van der Waals surface area contributed by atoms with Gasteiger partial charge in [-0.3, -0.25) is 14.3 Å². The maximum atomic E-state index is 13.6. The molecule has 5 rings (SSSR count). The number of anilines is 1. The van der Waals surface area contributed by atoms with Crippen LogP contribution in [0.3, 0.4) is 0 Å². The lowest BCUT2D eigenvalue weighted by molar-refractivity contribution is -0.132. The number of rotatable bonds is 4. The Kier molecular flexibility index (Phi) is 6.53. The number of morpholine rings is 1. The number of halogens is 1. The Labute approximate surface area is 205 Å². The number of piperazine rings is 1. The quantitative estimate of drug-likeness (QED) is 0.668. The third-order valence-electron chi connectivity index (χ3n) is 7.34. The molecule has 8 nitrogen and oxygen atoms in total. The molecule has 0 unspecified atom stereocenters. The third-order valence-corrected chi connectivity index (χ3v) is 7.34. The number of fused-ring (bicyclic) bond motifs is 1. The van der Waals surface area contributed by atoms with Crippen LogP contribution in [0.15, 0.2) is 18.2 Å². The van der Waals surface area contributed by atoms with Gasteiger partial charge in [-0.05, 0) is 63.8 Å². The van der Waals surface area contributed by atoms with Crippen molar-refractivity contribution in [2.45, 2.75) is 58.8 Å². The summed E-state index contributed by atoms with van der Waals surface area (Å²) >= 11 is 0. The number of carbonyl (C=O) groups is 2. The largest absolute Gasteiger partial charge is 0.372 e. The summed E-state index contributed by atoms with van der Waals surface area (Å²) in [5, 5.41) is 4.66. The molecule has 0 radical (unpaired) electrons. The van der Waals surface area contributed by atoms with E-state index in [2.05, 4.69) is 10.00 Å². The highest BCUT2D eigenvalue weighted by atomic mass is 19.1. The Bertz CT molecular complexity index is 1110. The molecule has 2 atom stereocenters. The van der Waals surface area contributed by atoms with E-state index in [1.165, 1.54) is 6.07 Å². The number of hydrogen-bond donors (Lipinski definition) is 0. The van der Waals surface area contributed by atoms with Gasteiger partial charge in [-0.15, -0.1) is 0 Å². The van der Waals surface area contributed by atoms with Crippen LogP contribution >= 0.6 is 0 Å². The molecule has 0 spiro atoms. The lowest BCUT2D eigenvalue weighted by Crippen LogP contribution is -2.49. The van der Waals surface area contributed by atoms with E-state index < -0.39 is 0 Å². The molecule has 35 heavy (non-hydrogen) atoms. The molecule has 2 aromatic rings. The van der Waals surface area contributed by atoms with Gasteiger partial charge in [0.05, 0.1) is 12.2 Å². The minimum absolute atomic E-state index is 0.00287. The highest BCUT2D eigenvalue weighted by Gasteiger charge is 2.33. The monoisotopic (exact) mass is 483 g/mol. The first-order valence-corrected chi connectivity index (χ1v) is 12.6. The van der Waals surface area contributed by atoms with Crippen LogP contribution in [-0.4, -0.2) is 82.9 Å². The van der Waals surface area contributed by atoms with Crippen molar-refractivity contribution in [2.75, 3.05) is 44.2 Å². The molecule has 2 amide bonds. The van der Waals surface area contributed by atoms with E-state index in [9.17, 15) is 14.0 Å². The molecule has 3 aliphatic rings. The van der Waals surface area contributed by atoms with Crippen LogP contribution in [0.2, 0.25) is 0 Å². The fourth-order valence-corrected chi connectivity index (χ4v) is 5.57. The Morgan fingerprint density at radius 3 is 2.46 bits per heavy atom. The van der Waals surface area contributed by atoms with Crippen molar-refractivity contribution in [3.8, 4) is 0 Å². The molecule has 0 bridgehead atoms. The number of aryl methyl sites for hydroxylation is 1. The maximum absolute atomic E-state index is 13.6. The second-order valence-corrected chi connectivity index (χ2v) is 10.1.